The molecule has 182 valence electrons. The molecule has 1 unspecified atom stereocenters. The minimum Gasteiger partial charge on any atom is -0.512 e. The first-order chi connectivity index (χ1) is 16.8. The van der Waals surface area contributed by atoms with Crippen molar-refractivity contribution >= 4 is 11.7 Å². The van der Waals surface area contributed by atoms with Crippen LogP contribution in [0.3, 0.4) is 0 Å². The van der Waals surface area contributed by atoms with Crippen LogP contribution >= 0.6 is 0 Å². The van der Waals surface area contributed by atoms with Crippen molar-refractivity contribution in [2.24, 2.45) is 0 Å². The number of ether oxygens (including phenoxy) is 2. The summed E-state index contributed by atoms with van der Waals surface area (Å²) >= 11 is 0. The molecule has 3 N–H and O–H groups in total. The van der Waals surface area contributed by atoms with E-state index in [2.05, 4.69) is 12.1 Å². The van der Waals surface area contributed by atoms with Gasteiger partial charge in [0.25, 0.3) is 0 Å². The number of hydrogen-bond acceptors (Lipinski definition) is 5. The lowest BCUT2D eigenvalue weighted by Gasteiger charge is -2.20. The molecular weight excluding hydrogens is 442 g/mol. The van der Waals surface area contributed by atoms with Gasteiger partial charge in [0.05, 0.1) is 18.8 Å². The Morgan fingerprint density at radius 2 is 1.43 bits per heavy atom. The first-order valence-electron chi connectivity index (χ1n) is 11.5. The van der Waals surface area contributed by atoms with Crippen molar-refractivity contribution in [2.45, 2.75) is 39.2 Å². The van der Waals surface area contributed by atoms with Crippen LogP contribution in [-0.4, -0.2) is 28.5 Å². The van der Waals surface area contributed by atoms with E-state index in [-0.39, 0.29) is 17.9 Å². The van der Waals surface area contributed by atoms with Crippen molar-refractivity contribution in [3.05, 3.63) is 107 Å². The van der Waals surface area contributed by atoms with E-state index in [1.54, 1.807) is 31.2 Å². The van der Waals surface area contributed by atoms with Crippen LogP contribution < -0.4 is 9.47 Å². The van der Waals surface area contributed by atoms with E-state index in [0.717, 1.165) is 17.7 Å². The maximum Gasteiger partial charge on any atom is 0.304 e. The zero-order chi connectivity index (χ0) is 25.2. The number of carboxylic acid groups (broad SMARTS) is 1. The maximum atomic E-state index is 11.4. The Balaban J connectivity index is 1.56. The standard InChI is InChI=1S/C29H31NO5/c1-20(30)29(21(2)31)27(18-28(32)33)24-10-14-26(15-11-24)35-19-23-8-12-25(13-9-23)34-17-16-22-6-4-3-5-7-22/h3-15,27,30-31H,16-19H2,1-2H3,(H,32,33)/b29-21+,30-20?. The quantitative estimate of drug-likeness (QED) is 0.211. The molecule has 3 rings (SSSR count). The third-order valence-corrected chi connectivity index (χ3v) is 5.63. The molecular formula is C29H31NO5. The van der Waals surface area contributed by atoms with Gasteiger partial charge in [-0.1, -0.05) is 54.6 Å². The van der Waals surface area contributed by atoms with Crippen LogP contribution in [-0.2, 0) is 17.8 Å². The average Bonchev–Trinajstić information content (AvgIpc) is 2.83. The Kier molecular flexibility index (Phi) is 9.07. The van der Waals surface area contributed by atoms with Crippen LogP contribution in [0, 0.1) is 5.41 Å². The average molecular weight is 474 g/mol. The third-order valence-electron chi connectivity index (χ3n) is 5.63. The molecule has 3 aromatic rings. The van der Waals surface area contributed by atoms with E-state index in [4.69, 9.17) is 14.9 Å². The number of hydrogen-bond donors (Lipinski definition) is 3. The SMILES string of the molecule is CC(=N)/C(=C(/C)O)C(CC(=O)O)c1ccc(OCc2ccc(OCCc3ccccc3)cc2)cc1. The Morgan fingerprint density at radius 1 is 0.829 bits per heavy atom. The number of allylic oxidation sites excluding steroid dienone is 2. The first-order valence-corrected chi connectivity index (χ1v) is 11.5. The molecule has 0 amide bonds. The van der Waals surface area contributed by atoms with Gasteiger partial charge in [0.1, 0.15) is 18.1 Å². The van der Waals surface area contributed by atoms with Crippen LogP contribution in [0.25, 0.3) is 0 Å². The molecule has 0 saturated carbocycles. The molecule has 0 bridgehead atoms. The molecule has 35 heavy (non-hydrogen) atoms. The molecule has 0 aliphatic rings. The minimum atomic E-state index is -0.997. The highest BCUT2D eigenvalue weighted by Gasteiger charge is 2.24. The topological polar surface area (TPSA) is 99.8 Å². The monoisotopic (exact) mass is 473 g/mol. The van der Waals surface area contributed by atoms with E-state index in [1.165, 1.54) is 12.5 Å². The Bertz CT molecular complexity index is 1150. The lowest BCUT2D eigenvalue weighted by molar-refractivity contribution is -0.137. The van der Waals surface area contributed by atoms with Gasteiger partial charge in [-0.25, -0.2) is 0 Å². The number of aliphatic hydroxyl groups excluding tert-OH is 1. The largest absolute Gasteiger partial charge is 0.512 e. The molecule has 6 heteroatoms. The summed E-state index contributed by atoms with van der Waals surface area (Å²) < 4.78 is 11.7. The second-order valence-corrected chi connectivity index (χ2v) is 8.36. The summed E-state index contributed by atoms with van der Waals surface area (Å²) in [6, 6.07) is 25.1. The minimum absolute atomic E-state index is 0.0448. The molecule has 3 aromatic carbocycles. The Hall–Kier alpha value is -4.06. The number of rotatable bonds is 12. The first kappa shape index (κ1) is 25.6. The fourth-order valence-corrected chi connectivity index (χ4v) is 3.92. The Morgan fingerprint density at radius 3 is 2.00 bits per heavy atom. The molecule has 1 atom stereocenters. The summed E-state index contributed by atoms with van der Waals surface area (Å²) in [5.41, 5.74) is 3.40. The van der Waals surface area contributed by atoms with Crippen molar-refractivity contribution in [1.82, 2.24) is 0 Å². The number of carboxylic acids is 1. The van der Waals surface area contributed by atoms with Gasteiger partial charge in [-0.2, -0.15) is 0 Å². The van der Waals surface area contributed by atoms with Crippen LogP contribution in [0.2, 0.25) is 0 Å². The molecule has 0 fully saturated rings. The van der Waals surface area contributed by atoms with E-state index in [1.807, 2.05) is 42.5 Å². The lowest BCUT2D eigenvalue weighted by atomic mass is 9.85. The maximum absolute atomic E-state index is 11.4. The fraction of sp³-hybridized carbons (Fsp3) is 0.241. The summed E-state index contributed by atoms with van der Waals surface area (Å²) in [7, 11) is 0. The van der Waals surface area contributed by atoms with E-state index in [0.29, 0.717) is 30.1 Å². The van der Waals surface area contributed by atoms with E-state index in [9.17, 15) is 15.0 Å². The highest BCUT2D eigenvalue weighted by molar-refractivity contribution is 5.98. The molecule has 0 aliphatic heterocycles. The van der Waals surface area contributed by atoms with Crippen LogP contribution in [0.4, 0.5) is 0 Å². The summed E-state index contributed by atoms with van der Waals surface area (Å²) in [5.74, 6) is -0.204. The van der Waals surface area contributed by atoms with Crippen molar-refractivity contribution in [2.75, 3.05) is 6.61 Å². The van der Waals surface area contributed by atoms with Gasteiger partial charge in [0.15, 0.2) is 0 Å². The highest BCUT2D eigenvalue weighted by Crippen LogP contribution is 2.32. The number of aliphatic carboxylic acids is 1. The predicted molar refractivity (Wildman–Crippen MR) is 137 cm³/mol. The summed E-state index contributed by atoms with van der Waals surface area (Å²) in [4.78, 5) is 11.4. The molecule has 0 spiro atoms. The zero-order valence-electron chi connectivity index (χ0n) is 20.0. The predicted octanol–water partition coefficient (Wildman–Crippen LogP) is 6.32. The van der Waals surface area contributed by atoms with Gasteiger partial charge in [-0.15, -0.1) is 0 Å². The van der Waals surface area contributed by atoms with Crippen molar-refractivity contribution in [3.63, 3.8) is 0 Å². The molecule has 0 heterocycles. The highest BCUT2D eigenvalue weighted by atomic mass is 16.5. The third kappa shape index (κ3) is 7.74. The number of benzene rings is 3. The van der Waals surface area contributed by atoms with Crippen molar-refractivity contribution in [1.29, 1.82) is 5.41 Å². The lowest BCUT2D eigenvalue weighted by Crippen LogP contribution is -2.15. The second kappa shape index (κ2) is 12.4. The van der Waals surface area contributed by atoms with E-state index >= 15 is 0 Å². The van der Waals surface area contributed by atoms with Gasteiger partial charge in [-0.3, -0.25) is 4.79 Å². The van der Waals surface area contributed by atoms with Gasteiger partial charge in [0, 0.05) is 23.6 Å². The molecule has 6 nitrogen and oxygen atoms in total. The van der Waals surface area contributed by atoms with Gasteiger partial charge in [-0.05, 0) is 54.8 Å². The zero-order valence-corrected chi connectivity index (χ0v) is 20.0. The molecule has 0 aromatic heterocycles. The fourth-order valence-electron chi connectivity index (χ4n) is 3.92. The van der Waals surface area contributed by atoms with Gasteiger partial charge < -0.3 is 25.1 Å². The normalized spacial score (nSPS) is 12.4. The van der Waals surface area contributed by atoms with E-state index < -0.39 is 11.9 Å². The summed E-state index contributed by atoms with van der Waals surface area (Å²) in [6.45, 7) is 4.00. The van der Waals surface area contributed by atoms with Crippen molar-refractivity contribution in [3.8, 4) is 11.5 Å². The number of nitrogens with one attached hydrogen (secondary N) is 1. The van der Waals surface area contributed by atoms with Gasteiger partial charge in [0.2, 0.25) is 0 Å². The molecule has 0 aliphatic carbocycles. The number of aliphatic hydroxyl groups is 1. The molecule has 0 radical (unpaired) electrons. The van der Waals surface area contributed by atoms with Crippen LogP contribution in [0.5, 0.6) is 11.5 Å². The van der Waals surface area contributed by atoms with Crippen LogP contribution in [0.15, 0.2) is 90.2 Å². The smallest absolute Gasteiger partial charge is 0.304 e. The van der Waals surface area contributed by atoms with Crippen molar-refractivity contribution < 1.29 is 24.5 Å². The molecule has 0 saturated heterocycles. The second-order valence-electron chi connectivity index (χ2n) is 8.36. The Labute approximate surface area is 206 Å². The number of carbonyl (C=O) groups is 1. The van der Waals surface area contributed by atoms with Crippen LogP contribution in [0.1, 0.15) is 42.9 Å². The summed E-state index contributed by atoms with van der Waals surface area (Å²) in [5, 5.41) is 27.3. The van der Waals surface area contributed by atoms with Gasteiger partial charge >= 0.3 is 5.97 Å². The summed E-state index contributed by atoms with van der Waals surface area (Å²) in [6.07, 6.45) is 0.632.